The lowest BCUT2D eigenvalue weighted by Crippen LogP contribution is -2.38. The molecule has 1 aliphatic heterocycles. The predicted molar refractivity (Wildman–Crippen MR) is 94.5 cm³/mol. The molecule has 1 aromatic carbocycles. The highest BCUT2D eigenvalue weighted by atomic mass is 16.2. The van der Waals surface area contributed by atoms with E-state index in [0.29, 0.717) is 12.5 Å². The van der Waals surface area contributed by atoms with Gasteiger partial charge in [-0.1, -0.05) is 24.3 Å². The van der Waals surface area contributed by atoms with Gasteiger partial charge in [0.05, 0.1) is 12.5 Å². The smallest absolute Gasteiger partial charge is 0.312 e. The van der Waals surface area contributed by atoms with E-state index in [0.717, 1.165) is 30.6 Å². The maximum absolute atomic E-state index is 12.2. The molecule has 2 atom stereocenters. The summed E-state index contributed by atoms with van der Waals surface area (Å²) in [6, 6.07) is 6.67. The lowest BCUT2D eigenvalue weighted by atomic mass is 9.96. The van der Waals surface area contributed by atoms with E-state index in [1.54, 1.807) is 0 Å². The largest absolute Gasteiger partial charge is 0.356 e. The molecule has 6 nitrogen and oxygen atoms in total. The zero-order chi connectivity index (χ0) is 17.4. The van der Waals surface area contributed by atoms with Gasteiger partial charge in [-0.25, -0.2) is 4.79 Å². The summed E-state index contributed by atoms with van der Waals surface area (Å²) < 4.78 is 0. The Bertz CT molecular complexity index is 556. The van der Waals surface area contributed by atoms with Crippen LogP contribution in [0, 0.1) is 12.8 Å². The van der Waals surface area contributed by atoms with Crippen molar-refractivity contribution in [3.63, 3.8) is 0 Å². The minimum Gasteiger partial charge on any atom is -0.356 e. The Morgan fingerprint density at radius 3 is 2.83 bits per heavy atom. The second-order valence-corrected chi connectivity index (χ2v) is 6.47. The summed E-state index contributed by atoms with van der Waals surface area (Å²) in [6.45, 7) is 4.76. The lowest BCUT2D eigenvalue weighted by Gasteiger charge is -2.23. The standard InChI is InChI=1S/C18H28N4O2/c1-13-5-2-3-7-15(13)16(22-18(19)24)11-17(23)21-10-8-14-6-4-9-20-12-14/h2-3,5,7,14,16,20H,4,6,8-12H2,1H3,(H,21,23)(H3,19,22,24). The molecule has 0 spiro atoms. The van der Waals surface area contributed by atoms with Crippen LogP contribution in [0.25, 0.3) is 0 Å². The van der Waals surface area contributed by atoms with E-state index >= 15 is 0 Å². The Morgan fingerprint density at radius 2 is 2.17 bits per heavy atom. The Morgan fingerprint density at radius 1 is 1.38 bits per heavy atom. The Balaban J connectivity index is 1.85. The monoisotopic (exact) mass is 332 g/mol. The summed E-state index contributed by atoms with van der Waals surface area (Å²) in [5.41, 5.74) is 7.21. The number of benzene rings is 1. The molecule has 2 rings (SSSR count). The van der Waals surface area contributed by atoms with Crippen LogP contribution in [0.3, 0.4) is 0 Å². The van der Waals surface area contributed by atoms with E-state index in [1.807, 2.05) is 31.2 Å². The van der Waals surface area contributed by atoms with Crippen LogP contribution < -0.4 is 21.7 Å². The molecule has 24 heavy (non-hydrogen) atoms. The number of hydrogen-bond acceptors (Lipinski definition) is 3. The molecule has 0 saturated carbocycles. The summed E-state index contributed by atoms with van der Waals surface area (Å²) in [6.07, 6.45) is 3.60. The molecule has 1 saturated heterocycles. The number of nitrogens with two attached hydrogens (primary N) is 1. The molecule has 1 fully saturated rings. The van der Waals surface area contributed by atoms with Crippen LogP contribution in [-0.2, 0) is 4.79 Å². The van der Waals surface area contributed by atoms with Crippen LogP contribution in [0.5, 0.6) is 0 Å². The SMILES string of the molecule is Cc1ccccc1C(CC(=O)NCCC1CCCNC1)NC(N)=O. The zero-order valence-corrected chi connectivity index (χ0v) is 14.3. The molecule has 0 aromatic heterocycles. The average molecular weight is 332 g/mol. The van der Waals surface area contributed by atoms with Gasteiger partial charge in [0.25, 0.3) is 0 Å². The topological polar surface area (TPSA) is 96.2 Å². The molecule has 0 radical (unpaired) electrons. The third kappa shape index (κ3) is 5.85. The molecule has 6 heteroatoms. The second kappa shape index (κ2) is 9.27. The first kappa shape index (κ1) is 18.3. The van der Waals surface area contributed by atoms with Gasteiger partial charge in [0.15, 0.2) is 0 Å². The van der Waals surface area contributed by atoms with E-state index in [2.05, 4.69) is 16.0 Å². The average Bonchev–Trinajstić information content (AvgIpc) is 2.55. The van der Waals surface area contributed by atoms with Crippen molar-refractivity contribution in [3.05, 3.63) is 35.4 Å². The number of carbonyl (C=O) groups is 2. The number of urea groups is 1. The molecular weight excluding hydrogens is 304 g/mol. The second-order valence-electron chi connectivity index (χ2n) is 6.47. The normalized spacial score (nSPS) is 18.6. The van der Waals surface area contributed by atoms with Crippen molar-refractivity contribution < 1.29 is 9.59 Å². The van der Waals surface area contributed by atoms with Crippen molar-refractivity contribution in [1.82, 2.24) is 16.0 Å². The van der Waals surface area contributed by atoms with E-state index in [1.165, 1.54) is 12.8 Å². The summed E-state index contributed by atoms with van der Waals surface area (Å²) >= 11 is 0. The van der Waals surface area contributed by atoms with Gasteiger partial charge in [0, 0.05) is 6.54 Å². The molecule has 1 aromatic rings. The maximum atomic E-state index is 12.2. The molecule has 5 N–H and O–H groups in total. The molecule has 1 heterocycles. The zero-order valence-electron chi connectivity index (χ0n) is 14.3. The number of nitrogens with one attached hydrogen (secondary N) is 3. The number of hydrogen-bond donors (Lipinski definition) is 4. The van der Waals surface area contributed by atoms with Gasteiger partial charge < -0.3 is 21.7 Å². The summed E-state index contributed by atoms with van der Waals surface area (Å²) in [4.78, 5) is 23.5. The van der Waals surface area contributed by atoms with Crippen LogP contribution in [0.1, 0.15) is 42.9 Å². The van der Waals surface area contributed by atoms with E-state index in [4.69, 9.17) is 5.73 Å². The number of amides is 3. The molecule has 3 amide bonds. The first-order chi connectivity index (χ1) is 11.6. The van der Waals surface area contributed by atoms with Gasteiger partial charge in [-0.15, -0.1) is 0 Å². The summed E-state index contributed by atoms with van der Waals surface area (Å²) in [5.74, 6) is 0.565. The number of rotatable bonds is 7. The van der Waals surface area contributed by atoms with Crippen LogP contribution in [0.15, 0.2) is 24.3 Å². The van der Waals surface area contributed by atoms with Gasteiger partial charge in [-0.05, 0) is 56.3 Å². The van der Waals surface area contributed by atoms with E-state index < -0.39 is 12.1 Å². The molecule has 132 valence electrons. The van der Waals surface area contributed by atoms with Crippen molar-refractivity contribution in [1.29, 1.82) is 0 Å². The van der Waals surface area contributed by atoms with Gasteiger partial charge in [-0.2, -0.15) is 0 Å². The molecular formula is C18H28N4O2. The number of aryl methyl sites for hydroxylation is 1. The quantitative estimate of drug-likeness (QED) is 0.610. The Kier molecular flexibility index (Phi) is 7.06. The lowest BCUT2D eigenvalue weighted by molar-refractivity contribution is -0.121. The third-order valence-corrected chi connectivity index (χ3v) is 4.54. The Hall–Kier alpha value is -2.08. The van der Waals surface area contributed by atoms with Gasteiger partial charge in [0.2, 0.25) is 5.91 Å². The minimum absolute atomic E-state index is 0.0687. The number of piperidine rings is 1. The van der Waals surface area contributed by atoms with Crippen molar-refractivity contribution in [3.8, 4) is 0 Å². The fraction of sp³-hybridized carbons (Fsp3) is 0.556. The van der Waals surface area contributed by atoms with Crippen molar-refractivity contribution in [2.75, 3.05) is 19.6 Å². The summed E-state index contributed by atoms with van der Waals surface area (Å²) in [7, 11) is 0. The highest BCUT2D eigenvalue weighted by molar-refractivity contribution is 5.78. The van der Waals surface area contributed by atoms with Crippen LogP contribution >= 0.6 is 0 Å². The summed E-state index contributed by atoms with van der Waals surface area (Å²) in [5, 5.41) is 9.02. The molecule has 2 unspecified atom stereocenters. The van der Waals surface area contributed by atoms with E-state index in [-0.39, 0.29) is 12.3 Å². The van der Waals surface area contributed by atoms with Gasteiger partial charge in [-0.3, -0.25) is 4.79 Å². The molecule has 1 aliphatic rings. The number of primary amides is 1. The highest BCUT2D eigenvalue weighted by Gasteiger charge is 2.19. The van der Waals surface area contributed by atoms with Crippen LogP contribution in [0.4, 0.5) is 4.79 Å². The van der Waals surface area contributed by atoms with E-state index in [9.17, 15) is 9.59 Å². The molecule has 0 bridgehead atoms. The first-order valence-corrected chi connectivity index (χ1v) is 8.65. The first-order valence-electron chi connectivity index (χ1n) is 8.65. The number of carbonyl (C=O) groups excluding carboxylic acids is 2. The fourth-order valence-corrected chi connectivity index (χ4v) is 3.23. The van der Waals surface area contributed by atoms with Gasteiger partial charge in [0.1, 0.15) is 0 Å². The Labute approximate surface area is 143 Å². The predicted octanol–water partition coefficient (Wildman–Crippen LogP) is 1.60. The van der Waals surface area contributed by atoms with Gasteiger partial charge >= 0.3 is 6.03 Å². The highest BCUT2D eigenvalue weighted by Crippen LogP contribution is 2.20. The third-order valence-electron chi connectivity index (χ3n) is 4.54. The fourth-order valence-electron chi connectivity index (χ4n) is 3.23. The van der Waals surface area contributed by atoms with Crippen molar-refractivity contribution >= 4 is 11.9 Å². The van der Waals surface area contributed by atoms with Crippen molar-refractivity contribution in [2.24, 2.45) is 11.7 Å². The maximum Gasteiger partial charge on any atom is 0.312 e. The van der Waals surface area contributed by atoms with Crippen LogP contribution in [0.2, 0.25) is 0 Å². The molecule has 0 aliphatic carbocycles. The van der Waals surface area contributed by atoms with Crippen molar-refractivity contribution in [2.45, 2.75) is 38.6 Å². The van der Waals surface area contributed by atoms with Crippen LogP contribution in [-0.4, -0.2) is 31.6 Å². The minimum atomic E-state index is -0.621.